The van der Waals surface area contributed by atoms with Crippen LogP contribution in [0.4, 0.5) is 0 Å². The molecule has 0 spiro atoms. The Bertz CT molecular complexity index is 228. The highest BCUT2D eigenvalue weighted by molar-refractivity contribution is 5.48. The molecule has 0 aliphatic carbocycles. The lowest BCUT2D eigenvalue weighted by atomic mass is 10.2. The van der Waals surface area contributed by atoms with Crippen molar-refractivity contribution >= 4 is 6.08 Å². The van der Waals surface area contributed by atoms with Crippen LogP contribution in [0, 0.1) is 0 Å². The average Bonchev–Trinajstić information content (AvgIpc) is 2.07. The van der Waals surface area contributed by atoms with Crippen molar-refractivity contribution in [3.8, 4) is 5.75 Å². The van der Waals surface area contributed by atoms with Crippen LogP contribution in [-0.4, -0.2) is 6.73 Å². The van der Waals surface area contributed by atoms with E-state index in [1.54, 1.807) is 6.08 Å². The highest BCUT2D eigenvalue weighted by Crippen LogP contribution is 2.11. The molecule has 0 aliphatic heterocycles. The monoisotopic (exact) mass is 149 g/mol. The van der Waals surface area contributed by atoms with Crippen molar-refractivity contribution in [3.05, 3.63) is 36.4 Å². The zero-order chi connectivity index (χ0) is 8.10. The van der Waals surface area contributed by atoms with Crippen LogP contribution < -0.4 is 10.5 Å². The normalized spacial score (nSPS) is 9.18. The Hall–Kier alpha value is -1.28. The molecule has 0 atom stereocenters. The third kappa shape index (κ3) is 2.09. The number of nitrogens with two attached hydrogens (primary N) is 1. The molecule has 2 N–H and O–H groups in total. The lowest BCUT2D eigenvalue weighted by molar-refractivity contribution is 0.329. The molecular weight excluding hydrogens is 138 g/mol. The second-order valence-corrected chi connectivity index (χ2v) is 2.08. The predicted molar refractivity (Wildman–Crippen MR) is 46.2 cm³/mol. The lowest BCUT2D eigenvalue weighted by Gasteiger charge is -2.01. The zero-order valence-electron chi connectivity index (χ0n) is 6.29. The Morgan fingerprint density at radius 1 is 1.36 bits per heavy atom. The minimum Gasteiger partial charge on any atom is -0.479 e. The van der Waals surface area contributed by atoms with Crippen molar-refractivity contribution in [2.24, 2.45) is 5.73 Å². The fourth-order valence-corrected chi connectivity index (χ4v) is 0.796. The number of rotatable bonds is 3. The van der Waals surface area contributed by atoms with Crippen molar-refractivity contribution in [1.82, 2.24) is 0 Å². The quantitative estimate of drug-likeness (QED) is 0.663. The number of hydrogen-bond acceptors (Lipinski definition) is 2. The Labute approximate surface area is 66.3 Å². The molecule has 1 rings (SSSR count). The first kappa shape index (κ1) is 7.82. The molecule has 1 aromatic rings. The van der Waals surface area contributed by atoms with E-state index in [0.717, 1.165) is 11.3 Å². The Kier molecular flexibility index (Phi) is 2.69. The summed E-state index contributed by atoms with van der Waals surface area (Å²) in [5, 5.41) is 0. The first-order chi connectivity index (χ1) is 5.36. The van der Waals surface area contributed by atoms with Gasteiger partial charge in [-0.3, -0.25) is 5.73 Å². The van der Waals surface area contributed by atoms with Gasteiger partial charge in [-0.15, -0.1) is 0 Å². The molecule has 0 saturated carbocycles. The summed E-state index contributed by atoms with van der Waals surface area (Å²) in [5.41, 5.74) is 6.27. The molecule has 0 radical (unpaired) electrons. The Morgan fingerprint density at radius 2 is 2.00 bits per heavy atom. The summed E-state index contributed by atoms with van der Waals surface area (Å²) in [6, 6.07) is 7.59. The van der Waals surface area contributed by atoms with E-state index in [9.17, 15) is 0 Å². The molecule has 0 saturated heterocycles. The van der Waals surface area contributed by atoms with Gasteiger partial charge >= 0.3 is 0 Å². The molecule has 0 aromatic heterocycles. The van der Waals surface area contributed by atoms with E-state index in [2.05, 4.69) is 6.58 Å². The molecular formula is C9H11NO. The molecule has 0 amide bonds. The zero-order valence-corrected chi connectivity index (χ0v) is 6.29. The molecule has 0 bridgehead atoms. The van der Waals surface area contributed by atoms with Gasteiger partial charge in [0.2, 0.25) is 0 Å². The summed E-state index contributed by atoms with van der Waals surface area (Å²) in [4.78, 5) is 0. The summed E-state index contributed by atoms with van der Waals surface area (Å²) >= 11 is 0. The van der Waals surface area contributed by atoms with Crippen LogP contribution in [0.2, 0.25) is 0 Å². The molecule has 0 aliphatic rings. The van der Waals surface area contributed by atoms with Crippen LogP contribution in [-0.2, 0) is 0 Å². The van der Waals surface area contributed by atoms with Gasteiger partial charge in [0, 0.05) is 0 Å². The molecule has 0 fully saturated rings. The van der Waals surface area contributed by atoms with Crippen LogP contribution in [0.3, 0.4) is 0 Å². The average molecular weight is 149 g/mol. The Morgan fingerprint density at radius 3 is 2.45 bits per heavy atom. The summed E-state index contributed by atoms with van der Waals surface area (Å²) < 4.78 is 5.05. The van der Waals surface area contributed by atoms with Gasteiger partial charge in [-0.25, -0.2) is 0 Å². The van der Waals surface area contributed by atoms with Crippen LogP contribution in [0.5, 0.6) is 5.75 Å². The van der Waals surface area contributed by atoms with Crippen molar-refractivity contribution in [3.63, 3.8) is 0 Å². The van der Waals surface area contributed by atoms with Gasteiger partial charge in [-0.05, 0) is 17.7 Å². The topological polar surface area (TPSA) is 35.2 Å². The molecule has 0 unspecified atom stereocenters. The van der Waals surface area contributed by atoms with Crippen LogP contribution in [0.15, 0.2) is 30.8 Å². The van der Waals surface area contributed by atoms with E-state index < -0.39 is 0 Å². The van der Waals surface area contributed by atoms with Crippen molar-refractivity contribution < 1.29 is 4.74 Å². The van der Waals surface area contributed by atoms with Gasteiger partial charge in [-0.2, -0.15) is 0 Å². The number of ether oxygens (including phenoxy) is 1. The van der Waals surface area contributed by atoms with E-state index in [1.807, 2.05) is 24.3 Å². The van der Waals surface area contributed by atoms with E-state index >= 15 is 0 Å². The fourth-order valence-electron chi connectivity index (χ4n) is 0.796. The Balaban J connectivity index is 2.74. The highest BCUT2D eigenvalue weighted by atomic mass is 16.5. The van der Waals surface area contributed by atoms with Gasteiger partial charge in [0.1, 0.15) is 12.5 Å². The van der Waals surface area contributed by atoms with Crippen LogP contribution in [0.25, 0.3) is 6.08 Å². The predicted octanol–water partition coefficient (Wildman–Crippen LogP) is 1.62. The summed E-state index contributed by atoms with van der Waals surface area (Å²) in [5.74, 6) is 0.790. The summed E-state index contributed by atoms with van der Waals surface area (Å²) in [7, 11) is 0. The van der Waals surface area contributed by atoms with Gasteiger partial charge < -0.3 is 4.74 Å². The molecule has 2 nitrogen and oxygen atoms in total. The highest BCUT2D eigenvalue weighted by Gasteiger charge is 1.89. The van der Waals surface area contributed by atoms with E-state index in [4.69, 9.17) is 10.5 Å². The summed E-state index contributed by atoms with van der Waals surface area (Å²) in [6.45, 7) is 3.86. The largest absolute Gasteiger partial charge is 0.479 e. The SMILES string of the molecule is C=Cc1ccc(OCN)cc1. The van der Waals surface area contributed by atoms with E-state index in [-0.39, 0.29) is 6.73 Å². The van der Waals surface area contributed by atoms with Crippen molar-refractivity contribution in [2.45, 2.75) is 0 Å². The molecule has 1 aromatic carbocycles. The third-order valence-electron chi connectivity index (χ3n) is 1.37. The minimum absolute atomic E-state index is 0.216. The second-order valence-electron chi connectivity index (χ2n) is 2.08. The van der Waals surface area contributed by atoms with Gasteiger partial charge in [0.15, 0.2) is 0 Å². The first-order valence-corrected chi connectivity index (χ1v) is 3.42. The molecule has 58 valence electrons. The maximum absolute atomic E-state index is 5.19. The number of hydrogen-bond donors (Lipinski definition) is 1. The second kappa shape index (κ2) is 3.78. The smallest absolute Gasteiger partial charge is 0.137 e. The van der Waals surface area contributed by atoms with Crippen molar-refractivity contribution in [2.75, 3.05) is 6.73 Å². The van der Waals surface area contributed by atoms with E-state index in [0.29, 0.717) is 0 Å². The minimum atomic E-state index is 0.216. The maximum atomic E-state index is 5.19. The molecule has 2 heteroatoms. The van der Waals surface area contributed by atoms with Gasteiger partial charge in [-0.1, -0.05) is 24.8 Å². The third-order valence-corrected chi connectivity index (χ3v) is 1.37. The summed E-state index contributed by atoms with van der Waals surface area (Å²) in [6.07, 6.45) is 1.78. The first-order valence-electron chi connectivity index (χ1n) is 3.42. The standard InChI is InChI=1S/C9H11NO/c1-2-8-3-5-9(6-4-8)11-7-10/h2-6H,1,7,10H2. The maximum Gasteiger partial charge on any atom is 0.137 e. The molecule has 0 heterocycles. The van der Waals surface area contributed by atoms with Crippen LogP contribution in [0.1, 0.15) is 5.56 Å². The van der Waals surface area contributed by atoms with E-state index in [1.165, 1.54) is 0 Å². The fraction of sp³-hybridized carbons (Fsp3) is 0.111. The number of benzene rings is 1. The van der Waals surface area contributed by atoms with Crippen LogP contribution >= 0.6 is 0 Å². The lowest BCUT2D eigenvalue weighted by Crippen LogP contribution is -2.06. The molecule has 11 heavy (non-hydrogen) atoms. The van der Waals surface area contributed by atoms with Crippen molar-refractivity contribution in [1.29, 1.82) is 0 Å². The van der Waals surface area contributed by atoms with Gasteiger partial charge in [0.25, 0.3) is 0 Å². The van der Waals surface area contributed by atoms with Gasteiger partial charge in [0.05, 0.1) is 0 Å².